The molecule has 0 aliphatic rings. The number of nitrogens with zero attached hydrogens (tertiary/aromatic N) is 1. The highest BCUT2D eigenvalue weighted by atomic mass is 32.2. The summed E-state index contributed by atoms with van der Waals surface area (Å²) in [5.41, 5.74) is -0.0858. The van der Waals surface area contributed by atoms with Gasteiger partial charge in [0.1, 0.15) is 0 Å². The van der Waals surface area contributed by atoms with Gasteiger partial charge in [-0.05, 0) is 19.4 Å². The molecule has 0 atom stereocenters. The summed E-state index contributed by atoms with van der Waals surface area (Å²) < 4.78 is 26.5. The van der Waals surface area contributed by atoms with E-state index in [1.807, 2.05) is 0 Å². The molecule has 0 saturated carbocycles. The summed E-state index contributed by atoms with van der Waals surface area (Å²) in [5, 5.41) is 10.9. The highest BCUT2D eigenvalue weighted by Gasteiger charge is 2.27. The molecule has 0 fully saturated rings. The van der Waals surface area contributed by atoms with Crippen molar-refractivity contribution < 1.29 is 13.3 Å². The van der Waals surface area contributed by atoms with Crippen molar-refractivity contribution in [2.45, 2.75) is 25.2 Å². The Hall–Kier alpha value is -1.91. The van der Waals surface area contributed by atoms with Gasteiger partial charge in [-0.15, -0.1) is 11.8 Å². The van der Waals surface area contributed by atoms with Gasteiger partial charge in [-0.2, -0.15) is 0 Å². The Balaban J connectivity index is 3.12. The Kier molecular flexibility index (Phi) is 5.03. The predicted octanol–water partition coefficient (Wildman–Crippen LogP) is 1.59. The Morgan fingerprint density at radius 2 is 2.11 bits per heavy atom. The fourth-order valence-corrected chi connectivity index (χ4v) is 3.00. The minimum absolute atomic E-state index is 0.120. The van der Waals surface area contributed by atoms with Crippen LogP contribution in [0.25, 0.3) is 0 Å². The van der Waals surface area contributed by atoms with E-state index >= 15 is 0 Å². The molecule has 0 heterocycles. The molecular weight excluding hydrogens is 268 g/mol. The number of benzene rings is 1. The lowest BCUT2D eigenvalue weighted by atomic mass is 10.2. The number of aryl methyl sites for hydroxylation is 1. The lowest BCUT2D eigenvalue weighted by Gasteiger charge is -2.08. The van der Waals surface area contributed by atoms with Gasteiger partial charge in [-0.1, -0.05) is 12.1 Å². The first-order chi connectivity index (χ1) is 8.90. The third-order valence-corrected chi connectivity index (χ3v) is 4.03. The number of rotatable bonds is 5. The predicted molar refractivity (Wildman–Crippen MR) is 71.1 cm³/mol. The maximum atomic E-state index is 12.1. The molecule has 0 aromatic heterocycles. The fraction of sp³-hybridized carbons (Fsp3) is 0.333. The Bertz CT molecular complexity index is 641. The molecule has 0 amide bonds. The van der Waals surface area contributed by atoms with Crippen molar-refractivity contribution in [3.05, 3.63) is 33.9 Å². The smallest absolute Gasteiger partial charge is 0.258 e. The van der Waals surface area contributed by atoms with E-state index in [1.165, 1.54) is 25.1 Å². The minimum atomic E-state index is -3.91. The number of sulfonamides is 1. The molecule has 0 saturated heterocycles. The van der Waals surface area contributed by atoms with Crippen molar-refractivity contribution in [1.82, 2.24) is 4.72 Å². The van der Waals surface area contributed by atoms with Crippen molar-refractivity contribution in [3.8, 4) is 11.8 Å². The van der Waals surface area contributed by atoms with E-state index < -0.39 is 20.6 Å². The van der Waals surface area contributed by atoms with Gasteiger partial charge >= 0.3 is 0 Å². The largest absolute Gasteiger partial charge is 0.289 e. The summed E-state index contributed by atoms with van der Waals surface area (Å²) in [7, 11) is -3.91. The lowest BCUT2D eigenvalue weighted by Crippen LogP contribution is -2.26. The van der Waals surface area contributed by atoms with Gasteiger partial charge in [0.2, 0.25) is 10.0 Å². The zero-order valence-corrected chi connectivity index (χ0v) is 11.5. The average molecular weight is 282 g/mol. The van der Waals surface area contributed by atoms with E-state index in [0.717, 1.165) is 0 Å². The van der Waals surface area contributed by atoms with Crippen LogP contribution in [0.5, 0.6) is 0 Å². The first-order valence-electron chi connectivity index (χ1n) is 5.53. The fourth-order valence-electron chi connectivity index (χ4n) is 1.58. The number of hydrogen-bond acceptors (Lipinski definition) is 4. The Morgan fingerprint density at radius 3 is 2.68 bits per heavy atom. The first kappa shape index (κ1) is 15.1. The molecule has 0 radical (unpaired) electrons. The number of nitrogens with one attached hydrogen (secondary N) is 1. The van der Waals surface area contributed by atoms with Crippen LogP contribution in [-0.4, -0.2) is 19.9 Å². The van der Waals surface area contributed by atoms with Crippen LogP contribution in [0.3, 0.4) is 0 Å². The second-order valence-electron chi connectivity index (χ2n) is 3.75. The maximum absolute atomic E-state index is 12.1. The van der Waals surface area contributed by atoms with Gasteiger partial charge in [0, 0.05) is 19.0 Å². The molecular formula is C12H14N2O4S. The molecule has 0 unspecified atom stereocenters. The zero-order valence-electron chi connectivity index (χ0n) is 10.6. The molecule has 6 nitrogen and oxygen atoms in total. The number of nitro benzene ring substituents is 1. The quantitative estimate of drug-likeness (QED) is 0.384. The topological polar surface area (TPSA) is 89.3 Å². The molecule has 1 rings (SSSR count). The van der Waals surface area contributed by atoms with Crippen molar-refractivity contribution in [2.75, 3.05) is 6.54 Å². The lowest BCUT2D eigenvalue weighted by molar-refractivity contribution is -0.387. The third kappa shape index (κ3) is 3.77. The molecule has 0 bridgehead atoms. The van der Waals surface area contributed by atoms with Crippen molar-refractivity contribution >= 4 is 15.7 Å². The average Bonchev–Trinajstić information content (AvgIpc) is 2.34. The molecule has 19 heavy (non-hydrogen) atoms. The van der Waals surface area contributed by atoms with E-state index in [-0.39, 0.29) is 11.4 Å². The van der Waals surface area contributed by atoms with Crippen molar-refractivity contribution in [2.24, 2.45) is 0 Å². The molecule has 7 heteroatoms. The zero-order chi connectivity index (χ0) is 14.5. The van der Waals surface area contributed by atoms with Crippen molar-refractivity contribution in [1.29, 1.82) is 0 Å². The highest BCUT2D eigenvalue weighted by Crippen LogP contribution is 2.26. The highest BCUT2D eigenvalue weighted by molar-refractivity contribution is 7.89. The molecule has 0 aliphatic heterocycles. The minimum Gasteiger partial charge on any atom is -0.258 e. The van der Waals surface area contributed by atoms with Crippen LogP contribution in [0.4, 0.5) is 5.69 Å². The van der Waals surface area contributed by atoms with Gasteiger partial charge in [0.25, 0.3) is 5.69 Å². The number of nitro groups is 1. The second kappa shape index (κ2) is 6.31. The van der Waals surface area contributed by atoms with Gasteiger partial charge in [-0.25, -0.2) is 13.1 Å². The monoisotopic (exact) mass is 282 g/mol. The van der Waals surface area contributed by atoms with Crippen LogP contribution in [0.15, 0.2) is 23.1 Å². The summed E-state index contributed by atoms with van der Waals surface area (Å²) in [6.45, 7) is 3.29. The molecule has 102 valence electrons. The molecule has 1 N–H and O–H groups in total. The third-order valence-electron chi connectivity index (χ3n) is 2.38. The molecule has 1 aromatic rings. The van der Waals surface area contributed by atoms with Gasteiger partial charge < -0.3 is 0 Å². The summed E-state index contributed by atoms with van der Waals surface area (Å²) in [4.78, 5) is 9.90. The number of hydrogen-bond donors (Lipinski definition) is 1. The Morgan fingerprint density at radius 1 is 1.42 bits per heavy atom. The SMILES string of the molecule is CC#CCCNS(=O)(=O)c1c(C)cccc1[N+](=O)[O-]. The molecule has 1 aromatic carbocycles. The first-order valence-corrected chi connectivity index (χ1v) is 7.01. The summed E-state index contributed by atoms with van der Waals surface area (Å²) in [6, 6.07) is 4.15. The van der Waals surface area contributed by atoms with Crippen LogP contribution in [0, 0.1) is 28.9 Å². The normalized spacial score (nSPS) is 10.6. The Labute approximate surface area is 112 Å². The summed E-state index contributed by atoms with van der Waals surface area (Å²) in [5.74, 6) is 5.36. The van der Waals surface area contributed by atoms with Crippen LogP contribution < -0.4 is 4.72 Å². The second-order valence-corrected chi connectivity index (χ2v) is 5.46. The van der Waals surface area contributed by atoms with Gasteiger partial charge in [-0.3, -0.25) is 10.1 Å². The standard InChI is InChI=1S/C12H14N2O4S/c1-3-4-5-9-13-19(17,18)12-10(2)7-6-8-11(12)14(15)16/h6-8,13H,5,9H2,1-2H3. The molecule has 0 spiro atoms. The van der Waals surface area contributed by atoms with E-state index in [1.54, 1.807) is 6.92 Å². The van der Waals surface area contributed by atoms with Crippen LogP contribution in [0.2, 0.25) is 0 Å². The van der Waals surface area contributed by atoms with Crippen LogP contribution in [0.1, 0.15) is 18.9 Å². The van der Waals surface area contributed by atoms with Crippen LogP contribution >= 0.6 is 0 Å². The van der Waals surface area contributed by atoms with Crippen molar-refractivity contribution in [3.63, 3.8) is 0 Å². The summed E-state index contributed by atoms with van der Waals surface area (Å²) >= 11 is 0. The van der Waals surface area contributed by atoms with Gasteiger partial charge in [0.15, 0.2) is 4.90 Å². The van der Waals surface area contributed by atoms with Gasteiger partial charge in [0.05, 0.1) is 4.92 Å². The summed E-state index contributed by atoms with van der Waals surface area (Å²) in [6.07, 6.45) is 0.357. The van der Waals surface area contributed by atoms with E-state index in [9.17, 15) is 18.5 Å². The van der Waals surface area contributed by atoms with E-state index in [2.05, 4.69) is 16.6 Å². The van der Waals surface area contributed by atoms with Crippen LogP contribution in [-0.2, 0) is 10.0 Å². The van der Waals surface area contributed by atoms with E-state index in [4.69, 9.17) is 0 Å². The van der Waals surface area contributed by atoms with E-state index in [0.29, 0.717) is 12.0 Å². The molecule has 0 aliphatic carbocycles. The maximum Gasteiger partial charge on any atom is 0.289 e.